The van der Waals surface area contributed by atoms with Crippen molar-refractivity contribution in [2.24, 2.45) is 0 Å². The van der Waals surface area contributed by atoms with Gasteiger partial charge < -0.3 is 14.8 Å². The molecule has 4 rings (SSSR count). The summed E-state index contributed by atoms with van der Waals surface area (Å²) in [5.74, 6) is 0.513. The van der Waals surface area contributed by atoms with Crippen molar-refractivity contribution in [1.82, 2.24) is 0 Å². The number of hydrogen-bond acceptors (Lipinski definition) is 6. The lowest BCUT2D eigenvalue weighted by atomic mass is 10.1. The van der Waals surface area contributed by atoms with Crippen LogP contribution in [-0.4, -0.2) is 29.3 Å². The van der Waals surface area contributed by atoms with E-state index in [1.807, 2.05) is 76.2 Å². The third kappa shape index (κ3) is 6.21. The van der Waals surface area contributed by atoms with E-state index in [0.717, 1.165) is 33.6 Å². The molecule has 1 aliphatic rings. The molecule has 1 N–H and O–H groups in total. The molecule has 6 nitrogen and oxygen atoms in total. The molecule has 0 radical (unpaired) electrons. The summed E-state index contributed by atoms with van der Waals surface area (Å²) in [6.45, 7) is 7.99. The Bertz CT molecular complexity index is 1400. The third-order valence-electron chi connectivity index (χ3n) is 5.74. The standard InChI is InChI=1S/C29H28N2O4S2/c1-5-34-25-15-21(16-26-28(33)31(29(36)37-26)23-9-7-6-8-20(23)4)12-13-24(25)35-17-27(32)30-22-14-18(2)10-11-19(22)3/h6-16H,5,17H2,1-4H3,(H,30,32)/b26-16-. The maximum absolute atomic E-state index is 13.2. The van der Waals surface area contributed by atoms with Crippen LogP contribution in [0.15, 0.2) is 65.6 Å². The maximum Gasteiger partial charge on any atom is 0.270 e. The van der Waals surface area contributed by atoms with Crippen LogP contribution in [0.3, 0.4) is 0 Å². The van der Waals surface area contributed by atoms with Crippen LogP contribution in [0.2, 0.25) is 0 Å². The lowest BCUT2D eigenvalue weighted by Gasteiger charge is -2.16. The lowest BCUT2D eigenvalue weighted by molar-refractivity contribution is -0.118. The predicted octanol–water partition coefficient (Wildman–Crippen LogP) is 6.43. The van der Waals surface area contributed by atoms with E-state index in [2.05, 4.69) is 5.32 Å². The minimum absolute atomic E-state index is 0.161. The van der Waals surface area contributed by atoms with Crippen LogP contribution in [0, 0.1) is 20.8 Å². The molecule has 3 aromatic rings. The topological polar surface area (TPSA) is 67.9 Å². The Labute approximate surface area is 226 Å². The van der Waals surface area contributed by atoms with Crippen LogP contribution < -0.4 is 19.7 Å². The number of aryl methyl sites for hydroxylation is 3. The van der Waals surface area contributed by atoms with Gasteiger partial charge in [-0.15, -0.1) is 0 Å². The van der Waals surface area contributed by atoms with Gasteiger partial charge in [-0.25, -0.2) is 0 Å². The minimum Gasteiger partial charge on any atom is -0.490 e. The summed E-state index contributed by atoms with van der Waals surface area (Å²) in [4.78, 5) is 27.8. The molecule has 1 heterocycles. The molecule has 190 valence electrons. The van der Waals surface area contributed by atoms with Gasteiger partial charge in [0.05, 0.1) is 17.2 Å². The van der Waals surface area contributed by atoms with Crippen LogP contribution in [0.1, 0.15) is 29.2 Å². The van der Waals surface area contributed by atoms with E-state index < -0.39 is 0 Å². The van der Waals surface area contributed by atoms with Crippen molar-refractivity contribution in [2.75, 3.05) is 23.4 Å². The van der Waals surface area contributed by atoms with Gasteiger partial charge in [-0.2, -0.15) is 0 Å². The second kappa shape index (κ2) is 11.6. The molecule has 1 saturated heterocycles. The van der Waals surface area contributed by atoms with E-state index in [4.69, 9.17) is 21.7 Å². The largest absolute Gasteiger partial charge is 0.490 e. The van der Waals surface area contributed by atoms with Crippen LogP contribution in [0.4, 0.5) is 11.4 Å². The lowest BCUT2D eigenvalue weighted by Crippen LogP contribution is -2.28. The van der Waals surface area contributed by atoms with Crippen LogP contribution >= 0.6 is 24.0 Å². The van der Waals surface area contributed by atoms with Crippen molar-refractivity contribution in [2.45, 2.75) is 27.7 Å². The molecule has 0 spiro atoms. The highest BCUT2D eigenvalue weighted by Crippen LogP contribution is 2.38. The Morgan fingerprint density at radius 1 is 1.00 bits per heavy atom. The fourth-order valence-corrected chi connectivity index (χ4v) is 5.13. The summed E-state index contributed by atoms with van der Waals surface area (Å²) in [5, 5.41) is 2.89. The molecular weight excluding hydrogens is 504 g/mol. The van der Waals surface area contributed by atoms with Gasteiger partial charge >= 0.3 is 0 Å². The summed E-state index contributed by atoms with van der Waals surface area (Å²) in [6, 6.07) is 18.9. The van der Waals surface area contributed by atoms with Gasteiger partial charge in [0.1, 0.15) is 0 Å². The molecule has 2 amide bonds. The molecule has 1 fully saturated rings. The van der Waals surface area contributed by atoms with E-state index in [1.165, 1.54) is 11.8 Å². The van der Waals surface area contributed by atoms with Gasteiger partial charge in [-0.1, -0.05) is 60.4 Å². The molecule has 1 aliphatic heterocycles. The molecule has 3 aromatic carbocycles. The van der Waals surface area contributed by atoms with Gasteiger partial charge in [0.15, 0.2) is 22.4 Å². The number of nitrogens with zero attached hydrogens (tertiary/aromatic N) is 1. The van der Waals surface area contributed by atoms with Crippen molar-refractivity contribution >= 4 is 57.6 Å². The fourth-order valence-electron chi connectivity index (χ4n) is 3.84. The second-order valence-electron chi connectivity index (χ2n) is 8.60. The number of hydrogen-bond donors (Lipinski definition) is 1. The smallest absolute Gasteiger partial charge is 0.270 e. The first kappa shape index (κ1) is 26.4. The zero-order valence-corrected chi connectivity index (χ0v) is 22.8. The minimum atomic E-state index is -0.264. The highest BCUT2D eigenvalue weighted by molar-refractivity contribution is 8.27. The van der Waals surface area contributed by atoms with Crippen molar-refractivity contribution in [3.63, 3.8) is 0 Å². The van der Waals surface area contributed by atoms with Crippen molar-refractivity contribution in [1.29, 1.82) is 0 Å². The third-order valence-corrected chi connectivity index (χ3v) is 7.04. The summed E-state index contributed by atoms with van der Waals surface area (Å²) < 4.78 is 12.0. The van der Waals surface area contributed by atoms with Gasteiger partial charge in [0.25, 0.3) is 11.8 Å². The van der Waals surface area contributed by atoms with E-state index >= 15 is 0 Å². The summed E-state index contributed by atoms with van der Waals surface area (Å²) in [7, 11) is 0. The number of rotatable bonds is 8. The van der Waals surface area contributed by atoms with Crippen molar-refractivity contribution < 1.29 is 19.1 Å². The van der Waals surface area contributed by atoms with E-state index in [0.29, 0.717) is 27.3 Å². The monoisotopic (exact) mass is 532 g/mol. The zero-order chi connectivity index (χ0) is 26.5. The number of ether oxygens (including phenoxy) is 2. The molecular formula is C29H28N2O4S2. The molecule has 37 heavy (non-hydrogen) atoms. The maximum atomic E-state index is 13.2. The average molecular weight is 533 g/mol. The Balaban J connectivity index is 1.49. The Morgan fingerprint density at radius 2 is 1.78 bits per heavy atom. The number of amides is 2. The number of anilines is 2. The molecule has 0 saturated carbocycles. The van der Waals surface area contributed by atoms with E-state index in [-0.39, 0.29) is 18.4 Å². The fraction of sp³-hybridized carbons (Fsp3) is 0.207. The normalized spacial score (nSPS) is 14.3. The average Bonchev–Trinajstić information content (AvgIpc) is 3.14. The van der Waals surface area contributed by atoms with Gasteiger partial charge in [0, 0.05) is 5.69 Å². The zero-order valence-electron chi connectivity index (χ0n) is 21.2. The number of carbonyl (C=O) groups excluding carboxylic acids is 2. The van der Waals surface area contributed by atoms with Gasteiger partial charge in [-0.05, 0) is 80.3 Å². The Kier molecular flexibility index (Phi) is 8.31. The van der Waals surface area contributed by atoms with Gasteiger partial charge in [0.2, 0.25) is 0 Å². The highest BCUT2D eigenvalue weighted by Gasteiger charge is 2.34. The number of carbonyl (C=O) groups is 2. The molecule has 0 aliphatic carbocycles. The highest BCUT2D eigenvalue weighted by atomic mass is 32.2. The summed E-state index contributed by atoms with van der Waals surface area (Å²) >= 11 is 6.77. The Morgan fingerprint density at radius 3 is 2.54 bits per heavy atom. The number of nitrogens with one attached hydrogen (secondary N) is 1. The first-order valence-corrected chi connectivity index (χ1v) is 13.1. The number of thiocarbonyl (C=S) groups is 1. The first-order valence-electron chi connectivity index (χ1n) is 11.9. The van der Waals surface area contributed by atoms with Crippen molar-refractivity contribution in [3.8, 4) is 11.5 Å². The quantitative estimate of drug-likeness (QED) is 0.266. The molecule has 8 heteroatoms. The molecule has 0 aromatic heterocycles. The van der Waals surface area contributed by atoms with Gasteiger partial charge in [-0.3, -0.25) is 14.5 Å². The van der Waals surface area contributed by atoms with Crippen LogP contribution in [0.5, 0.6) is 11.5 Å². The summed E-state index contributed by atoms with van der Waals surface area (Å²) in [6.07, 6.45) is 1.79. The summed E-state index contributed by atoms with van der Waals surface area (Å²) in [5.41, 5.74) is 5.32. The number of benzene rings is 3. The van der Waals surface area contributed by atoms with Crippen molar-refractivity contribution in [3.05, 3.63) is 87.8 Å². The van der Waals surface area contributed by atoms with E-state index in [9.17, 15) is 9.59 Å². The van der Waals surface area contributed by atoms with E-state index in [1.54, 1.807) is 23.1 Å². The second-order valence-corrected chi connectivity index (χ2v) is 10.3. The molecule has 0 unspecified atom stereocenters. The Hall–Kier alpha value is -3.62. The number of thioether (sulfide) groups is 1. The van der Waals surface area contributed by atoms with Crippen LogP contribution in [-0.2, 0) is 9.59 Å². The predicted molar refractivity (Wildman–Crippen MR) is 154 cm³/mol. The van der Waals surface area contributed by atoms with Crippen LogP contribution in [0.25, 0.3) is 6.08 Å². The molecule has 0 atom stereocenters. The molecule has 0 bridgehead atoms. The first-order chi connectivity index (χ1) is 17.8. The SMILES string of the molecule is CCOc1cc(/C=C2\SC(=S)N(c3ccccc3C)C2=O)ccc1OCC(=O)Nc1cc(C)ccc1C. The number of para-hydroxylation sites is 1.